The summed E-state index contributed by atoms with van der Waals surface area (Å²) < 4.78 is 2.45. The molecule has 0 saturated carbocycles. The van der Waals surface area contributed by atoms with Crippen molar-refractivity contribution in [2.75, 3.05) is 0 Å². The summed E-state index contributed by atoms with van der Waals surface area (Å²) in [4.78, 5) is 0. The molecular weight excluding hydrogens is 122 g/mol. The zero-order valence-corrected chi connectivity index (χ0v) is 6.37. The van der Waals surface area contributed by atoms with E-state index in [0.29, 0.717) is 0 Å². The van der Waals surface area contributed by atoms with E-state index >= 15 is 0 Å². The van der Waals surface area contributed by atoms with Gasteiger partial charge in [-0.1, -0.05) is 33.6 Å². The highest BCUT2D eigenvalue weighted by molar-refractivity contribution is 7.78. The van der Waals surface area contributed by atoms with Crippen LogP contribution < -0.4 is 4.72 Å². The summed E-state index contributed by atoms with van der Waals surface area (Å²) in [5, 5.41) is 9.01. The summed E-state index contributed by atoms with van der Waals surface area (Å²) in [5.41, 5.74) is -0.123. The van der Waals surface area contributed by atoms with Crippen LogP contribution in [-0.2, 0) is 0 Å². The van der Waals surface area contributed by atoms with Gasteiger partial charge in [-0.2, -0.15) is 0 Å². The highest BCUT2D eigenvalue weighted by Gasteiger charge is 2.19. The molecule has 2 nitrogen and oxygen atoms in total. The fourth-order valence-electron chi connectivity index (χ4n) is 0.194. The van der Waals surface area contributed by atoms with Crippen molar-refractivity contribution >= 4 is 12.8 Å². The van der Waals surface area contributed by atoms with Gasteiger partial charge in [-0.3, -0.25) is 0 Å². The minimum Gasteiger partial charge on any atom is -0.377 e. The normalized spacial score (nSPS) is 16.1. The molecule has 0 amide bonds. The van der Waals surface area contributed by atoms with Gasteiger partial charge in [0.1, 0.15) is 6.23 Å². The Morgan fingerprint density at radius 1 is 1.50 bits per heavy atom. The van der Waals surface area contributed by atoms with Crippen LogP contribution in [0.1, 0.15) is 20.8 Å². The van der Waals surface area contributed by atoms with Gasteiger partial charge in [0.25, 0.3) is 0 Å². The molecule has 8 heavy (non-hydrogen) atoms. The lowest BCUT2D eigenvalue weighted by molar-refractivity contribution is 0.0568. The molecule has 0 radical (unpaired) electrons. The fourth-order valence-corrected chi connectivity index (χ4v) is 0.581. The predicted molar refractivity (Wildman–Crippen MR) is 37.6 cm³/mol. The first-order chi connectivity index (χ1) is 3.48. The first kappa shape index (κ1) is 8.27. The van der Waals surface area contributed by atoms with Crippen LogP contribution in [0.5, 0.6) is 0 Å². The second-order valence-corrected chi connectivity index (χ2v) is 3.16. The maximum Gasteiger partial charge on any atom is 0.118 e. The zero-order chi connectivity index (χ0) is 6.78. The predicted octanol–water partition coefficient (Wildman–Crippen LogP) is 0.785. The molecule has 0 fully saturated rings. The monoisotopic (exact) mass is 135 g/mol. The third kappa shape index (κ3) is 2.55. The molecule has 1 unspecified atom stereocenters. The molecule has 0 aliphatic rings. The first-order valence-corrected chi connectivity index (χ1v) is 3.01. The molecule has 0 aliphatic heterocycles. The van der Waals surface area contributed by atoms with Crippen LogP contribution in [0.3, 0.4) is 0 Å². The summed E-state index contributed by atoms with van der Waals surface area (Å²) >= 11 is 3.71. The van der Waals surface area contributed by atoms with Gasteiger partial charge in [-0.05, 0) is 0 Å². The van der Waals surface area contributed by atoms with E-state index in [1.54, 1.807) is 0 Å². The van der Waals surface area contributed by atoms with Gasteiger partial charge in [0.05, 0.1) is 0 Å². The third-order valence-electron chi connectivity index (χ3n) is 0.943. The molecule has 0 aliphatic carbocycles. The summed E-state index contributed by atoms with van der Waals surface area (Å²) in [7, 11) is 0. The van der Waals surface area contributed by atoms with Gasteiger partial charge in [-0.25, -0.2) is 4.72 Å². The Labute approximate surface area is 55.8 Å². The van der Waals surface area contributed by atoms with E-state index in [1.807, 2.05) is 20.8 Å². The van der Waals surface area contributed by atoms with Crippen LogP contribution in [0.2, 0.25) is 0 Å². The Balaban J connectivity index is 3.62. The van der Waals surface area contributed by atoms with Crippen LogP contribution in [0.4, 0.5) is 0 Å². The number of hydrogen-bond acceptors (Lipinski definition) is 3. The smallest absolute Gasteiger partial charge is 0.118 e. The van der Waals surface area contributed by atoms with Crippen molar-refractivity contribution in [1.29, 1.82) is 0 Å². The summed E-state index contributed by atoms with van der Waals surface area (Å²) in [6, 6.07) is 0. The van der Waals surface area contributed by atoms with Crippen LogP contribution in [0.15, 0.2) is 0 Å². The number of thiol groups is 1. The third-order valence-corrected chi connectivity index (χ3v) is 1.19. The Kier molecular flexibility index (Phi) is 2.80. The number of nitrogens with one attached hydrogen (secondary N) is 1. The van der Waals surface area contributed by atoms with Crippen molar-refractivity contribution in [3.63, 3.8) is 0 Å². The van der Waals surface area contributed by atoms with Gasteiger partial charge < -0.3 is 5.11 Å². The van der Waals surface area contributed by atoms with Crippen molar-refractivity contribution in [2.24, 2.45) is 5.41 Å². The van der Waals surface area contributed by atoms with Crippen LogP contribution in [0.25, 0.3) is 0 Å². The quantitative estimate of drug-likeness (QED) is 0.367. The lowest BCUT2D eigenvalue weighted by Gasteiger charge is -2.23. The molecule has 0 aromatic heterocycles. The maximum atomic E-state index is 9.01. The zero-order valence-electron chi connectivity index (χ0n) is 5.47. The van der Waals surface area contributed by atoms with Crippen molar-refractivity contribution in [3.05, 3.63) is 0 Å². The second-order valence-electron chi connectivity index (χ2n) is 2.90. The van der Waals surface area contributed by atoms with Crippen molar-refractivity contribution in [3.8, 4) is 0 Å². The Morgan fingerprint density at radius 3 is 1.88 bits per heavy atom. The molecule has 0 rings (SSSR count). The molecule has 2 N–H and O–H groups in total. The number of aliphatic hydroxyl groups is 1. The van der Waals surface area contributed by atoms with E-state index in [-0.39, 0.29) is 5.41 Å². The molecule has 0 aromatic rings. The van der Waals surface area contributed by atoms with E-state index in [9.17, 15) is 0 Å². The lowest BCUT2D eigenvalue weighted by atomic mass is 9.95. The fraction of sp³-hybridized carbons (Fsp3) is 1.00. The molecule has 50 valence electrons. The molecular formula is C5H13NOS. The number of rotatable bonds is 1. The van der Waals surface area contributed by atoms with Gasteiger partial charge in [0.15, 0.2) is 0 Å². The van der Waals surface area contributed by atoms with Gasteiger partial charge in [0, 0.05) is 5.41 Å². The van der Waals surface area contributed by atoms with Crippen molar-refractivity contribution in [2.45, 2.75) is 27.0 Å². The molecule has 0 bridgehead atoms. The summed E-state index contributed by atoms with van der Waals surface area (Å²) in [6.07, 6.45) is -0.536. The SMILES string of the molecule is CC(C)(C)C(O)NS. The molecule has 0 heterocycles. The second kappa shape index (κ2) is 2.71. The van der Waals surface area contributed by atoms with E-state index in [2.05, 4.69) is 17.5 Å². The molecule has 0 aromatic carbocycles. The van der Waals surface area contributed by atoms with Gasteiger partial charge in [-0.15, -0.1) is 0 Å². The average Bonchev–Trinajstić information content (AvgIpc) is 1.62. The number of aliphatic hydroxyl groups excluding tert-OH is 1. The van der Waals surface area contributed by atoms with Gasteiger partial charge in [0.2, 0.25) is 0 Å². The van der Waals surface area contributed by atoms with E-state index in [4.69, 9.17) is 5.11 Å². The molecule has 3 heteroatoms. The largest absolute Gasteiger partial charge is 0.377 e. The Hall–Kier alpha value is 0.270. The van der Waals surface area contributed by atoms with Crippen molar-refractivity contribution < 1.29 is 5.11 Å². The highest BCUT2D eigenvalue weighted by Crippen LogP contribution is 2.16. The molecule has 1 atom stereocenters. The minimum absolute atomic E-state index is 0.123. The average molecular weight is 135 g/mol. The van der Waals surface area contributed by atoms with E-state index < -0.39 is 6.23 Å². The molecule has 0 saturated heterocycles. The summed E-state index contributed by atoms with van der Waals surface area (Å²) in [6.45, 7) is 5.79. The van der Waals surface area contributed by atoms with Crippen LogP contribution in [-0.4, -0.2) is 11.3 Å². The Morgan fingerprint density at radius 2 is 1.88 bits per heavy atom. The highest BCUT2D eigenvalue weighted by atomic mass is 32.1. The van der Waals surface area contributed by atoms with Crippen molar-refractivity contribution in [1.82, 2.24) is 4.72 Å². The van der Waals surface area contributed by atoms with E-state index in [0.717, 1.165) is 0 Å². The summed E-state index contributed by atoms with van der Waals surface area (Å²) in [5.74, 6) is 0. The standard InChI is InChI=1S/C5H13NOS/c1-5(2,3)4(7)6-8/h4,6-8H,1-3H3. The minimum atomic E-state index is -0.536. The first-order valence-electron chi connectivity index (χ1n) is 2.56. The topological polar surface area (TPSA) is 32.3 Å². The van der Waals surface area contributed by atoms with Crippen LogP contribution >= 0.6 is 12.8 Å². The molecule has 0 spiro atoms. The maximum absolute atomic E-state index is 9.01. The number of hydrogen-bond donors (Lipinski definition) is 3. The Bertz CT molecular complexity index is 69.3. The lowest BCUT2D eigenvalue weighted by Crippen LogP contribution is -2.34. The van der Waals surface area contributed by atoms with Crippen LogP contribution in [0, 0.1) is 5.41 Å². The van der Waals surface area contributed by atoms with E-state index in [1.165, 1.54) is 0 Å². The van der Waals surface area contributed by atoms with Gasteiger partial charge >= 0.3 is 0 Å².